The Morgan fingerprint density at radius 1 is 0.871 bits per heavy atom. The zero-order valence-corrected chi connectivity index (χ0v) is 19.4. The van der Waals surface area contributed by atoms with Gasteiger partial charge < -0.3 is 34.5 Å². The van der Waals surface area contributed by atoms with E-state index in [4.69, 9.17) is 28.5 Å². The second-order valence-corrected chi connectivity index (χ2v) is 11.1. The Balaban J connectivity index is 2.77. The third-order valence-electron chi connectivity index (χ3n) is 4.31. The average molecular weight is 516 g/mol. The monoisotopic (exact) mass is 516 g/mol. The normalized spacial score (nSPS) is 28.0. The van der Waals surface area contributed by atoms with E-state index >= 15 is 0 Å². The maximum atomic E-state index is 12.0. The topological polar surface area (TPSA) is 227 Å². The predicted molar refractivity (Wildman–Crippen MR) is 104 cm³/mol. The molecular formula is C14H30O14P2S. The first-order chi connectivity index (χ1) is 14.2. The van der Waals surface area contributed by atoms with Crippen molar-refractivity contribution in [3.63, 3.8) is 0 Å². The average Bonchev–Trinajstić information content (AvgIpc) is 2.61. The van der Waals surface area contributed by atoms with E-state index in [2.05, 4.69) is 9.05 Å². The maximum absolute atomic E-state index is 12.0. The summed E-state index contributed by atoms with van der Waals surface area (Å²) >= 11 is 0. The number of unbranched alkanes of at least 4 members (excludes halogenated alkanes) is 5. The van der Waals surface area contributed by atoms with Crippen molar-refractivity contribution in [1.82, 2.24) is 0 Å². The molecule has 14 nitrogen and oxygen atoms in total. The van der Waals surface area contributed by atoms with Crippen LogP contribution in [-0.2, 0) is 37.2 Å². The second-order valence-electron chi connectivity index (χ2n) is 6.99. The van der Waals surface area contributed by atoms with Gasteiger partial charge in [0.15, 0.2) is 6.29 Å². The minimum absolute atomic E-state index is 0.323. The molecule has 1 aliphatic heterocycles. The predicted octanol–water partition coefficient (Wildman–Crippen LogP) is -0.273. The molecule has 1 saturated heterocycles. The third kappa shape index (κ3) is 11.6. The number of aliphatic hydroxyl groups excluding tert-OH is 2. The molecule has 0 bridgehead atoms. The maximum Gasteiger partial charge on any atom is 0.470 e. The fourth-order valence-corrected chi connectivity index (χ4v) is 5.03. The Morgan fingerprint density at radius 2 is 1.39 bits per heavy atom. The highest BCUT2D eigenvalue weighted by atomic mass is 32.2. The molecule has 31 heavy (non-hydrogen) atoms. The molecule has 0 aromatic heterocycles. The van der Waals surface area contributed by atoms with Crippen LogP contribution >= 0.6 is 15.6 Å². The Labute approximate surface area is 180 Å². The minimum atomic E-state index is -5.28. The standard InChI is InChI=1S/C14H30O14P2S/c1-2-3-4-5-6-7-8-31(23,24)25-9-10-12(27-29(17,18)19)11(15)13(14(16)26-10)28-30(20,21)22/h10-16H,2-9H2,1H3,(H2,17,18,19)(H2,20,21,22)/t10-,11+,12-,13-,14?/m1/s1. The van der Waals surface area contributed by atoms with Gasteiger partial charge in [0.2, 0.25) is 0 Å². The number of rotatable bonds is 14. The van der Waals surface area contributed by atoms with E-state index in [0.717, 1.165) is 25.7 Å². The summed E-state index contributed by atoms with van der Waals surface area (Å²) in [6.07, 6.45) is -5.40. The highest BCUT2D eigenvalue weighted by Gasteiger charge is 2.50. The summed E-state index contributed by atoms with van der Waals surface area (Å²) in [4.78, 5) is 35.8. The highest BCUT2D eigenvalue weighted by molar-refractivity contribution is 7.86. The molecule has 0 aliphatic carbocycles. The van der Waals surface area contributed by atoms with E-state index in [0.29, 0.717) is 12.8 Å². The van der Waals surface area contributed by atoms with Crippen LogP contribution in [0.2, 0.25) is 0 Å². The number of hydrogen-bond acceptors (Lipinski definition) is 10. The zero-order chi connectivity index (χ0) is 23.9. The Morgan fingerprint density at radius 3 is 1.94 bits per heavy atom. The van der Waals surface area contributed by atoms with Crippen molar-refractivity contribution in [2.45, 2.75) is 76.2 Å². The van der Waals surface area contributed by atoms with Crippen molar-refractivity contribution in [3.05, 3.63) is 0 Å². The van der Waals surface area contributed by atoms with Gasteiger partial charge in [-0.1, -0.05) is 39.0 Å². The van der Waals surface area contributed by atoms with Gasteiger partial charge in [0.1, 0.15) is 24.4 Å². The van der Waals surface area contributed by atoms with Crippen LogP contribution in [-0.4, -0.2) is 81.3 Å². The number of phosphoric ester groups is 2. The Kier molecular flexibility index (Phi) is 11.7. The van der Waals surface area contributed by atoms with Crippen LogP contribution in [0.3, 0.4) is 0 Å². The van der Waals surface area contributed by atoms with E-state index in [1.807, 2.05) is 6.92 Å². The molecule has 1 heterocycles. The fraction of sp³-hybridized carbons (Fsp3) is 1.00. The van der Waals surface area contributed by atoms with E-state index < -0.39 is 63.1 Å². The van der Waals surface area contributed by atoms with E-state index in [1.165, 1.54) is 0 Å². The third-order valence-corrected chi connectivity index (χ3v) is 6.63. The molecule has 0 radical (unpaired) electrons. The number of ether oxygens (including phenoxy) is 1. The molecule has 0 saturated carbocycles. The van der Waals surface area contributed by atoms with Gasteiger partial charge >= 0.3 is 15.6 Å². The summed E-state index contributed by atoms with van der Waals surface area (Å²) in [6, 6.07) is 0. The molecule has 6 N–H and O–H groups in total. The van der Waals surface area contributed by atoms with E-state index in [-0.39, 0.29) is 5.75 Å². The Bertz CT molecular complexity index is 733. The molecule has 1 aliphatic rings. The van der Waals surface area contributed by atoms with Crippen molar-refractivity contribution in [2.24, 2.45) is 0 Å². The molecule has 0 spiro atoms. The van der Waals surface area contributed by atoms with Crippen molar-refractivity contribution in [3.8, 4) is 0 Å². The van der Waals surface area contributed by atoms with Crippen molar-refractivity contribution < 1.29 is 65.3 Å². The first-order valence-electron chi connectivity index (χ1n) is 9.52. The van der Waals surface area contributed by atoms with Gasteiger partial charge in [0.25, 0.3) is 10.1 Å². The molecule has 1 fully saturated rings. The molecule has 17 heteroatoms. The SMILES string of the molecule is CCCCCCCCS(=O)(=O)OC[C@H]1OC(O)[C@H](OP(=O)(O)O)[C@@H](O)[C@@H]1OP(=O)(O)O. The lowest BCUT2D eigenvalue weighted by molar-refractivity contribution is -0.278. The summed E-state index contributed by atoms with van der Waals surface area (Å²) < 4.78 is 64.5. The molecule has 5 atom stereocenters. The van der Waals surface area contributed by atoms with Gasteiger partial charge in [0.05, 0.1) is 12.4 Å². The van der Waals surface area contributed by atoms with Gasteiger partial charge in [-0.25, -0.2) is 9.13 Å². The van der Waals surface area contributed by atoms with Gasteiger partial charge in [-0.05, 0) is 6.42 Å². The minimum Gasteiger partial charge on any atom is -0.387 e. The smallest absolute Gasteiger partial charge is 0.387 e. The molecule has 1 rings (SSSR count). The highest BCUT2D eigenvalue weighted by Crippen LogP contribution is 2.45. The molecular weight excluding hydrogens is 486 g/mol. The van der Waals surface area contributed by atoms with Gasteiger partial charge in [-0.3, -0.25) is 13.2 Å². The number of phosphoric acid groups is 2. The first-order valence-corrected chi connectivity index (χ1v) is 14.2. The van der Waals surface area contributed by atoms with E-state index in [9.17, 15) is 27.8 Å². The van der Waals surface area contributed by atoms with Gasteiger partial charge in [-0.15, -0.1) is 0 Å². The fourth-order valence-electron chi connectivity index (χ4n) is 2.89. The van der Waals surface area contributed by atoms with Gasteiger partial charge in [-0.2, -0.15) is 8.42 Å². The van der Waals surface area contributed by atoms with Crippen molar-refractivity contribution >= 4 is 25.8 Å². The van der Waals surface area contributed by atoms with Crippen molar-refractivity contribution in [2.75, 3.05) is 12.4 Å². The van der Waals surface area contributed by atoms with Crippen LogP contribution in [0, 0.1) is 0 Å². The number of aliphatic hydroxyl groups is 2. The quantitative estimate of drug-likeness (QED) is 0.0992. The second kappa shape index (κ2) is 12.5. The molecule has 1 unspecified atom stereocenters. The summed E-state index contributed by atoms with van der Waals surface area (Å²) in [6.45, 7) is 1.16. The summed E-state index contributed by atoms with van der Waals surface area (Å²) in [5.74, 6) is -0.328. The lowest BCUT2D eigenvalue weighted by Gasteiger charge is -2.41. The first kappa shape index (κ1) is 29.0. The van der Waals surface area contributed by atoms with Crippen LogP contribution < -0.4 is 0 Å². The van der Waals surface area contributed by atoms with E-state index in [1.54, 1.807) is 0 Å². The van der Waals surface area contributed by atoms with Crippen LogP contribution in [0.1, 0.15) is 45.4 Å². The van der Waals surface area contributed by atoms with Crippen LogP contribution in [0.4, 0.5) is 0 Å². The summed E-state index contributed by atoms with van der Waals surface area (Å²) in [5.41, 5.74) is 0. The summed E-state index contributed by atoms with van der Waals surface area (Å²) in [5, 5.41) is 20.0. The molecule has 186 valence electrons. The summed E-state index contributed by atoms with van der Waals surface area (Å²) in [7, 11) is -14.6. The molecule has 0 aromatic rings. The van der Waals surface area contributed by atoms with Crippen LogP contribution in [0.15, 0.2) is 0 Å². The number of hydrogen-bond donors (Lipinski definition) is 6. The largest absolute Gasteiger partial charge is 0.470 e. The van der Waals surface area contributed by atoms with Crippen LogP contribution in [0.5, 0.6) is 0 Å². The molecule has 0 aromatic carbocycles. The van der Waals surface area contributed by atoms with Crippen molar-refractivity contribution in [1.29, 1.82) is 0 Å². The lowest BCUT2D eigenvalue weighted by Crippen LogP contribution is -2.60. The van der Waals surface area contributed by atoms with Crippen LogP contribution in [0.25, 0.3) is 0 Å². The Hall–Kier alpha value is 0.01000. The lowest BCUT2D eigenvalue weighted by atomic mass is 9.99. The zero-order valence-electron chi connectivity index (χ0n) is 16.8. The van der Waals surface area contributed by atoms with Gasteiger partial charge in [0, 0.05) is 0 Å². The molecule has 0 amide bonds.